The Morgan fingerprint density at radius 3 is 2.47 bits per heavy atom. The Bertz CT molecular complexity index is 417. The summed E-state index contributed by atoms with van der Waals surface area (Å²) in [4.78, 5) is 14.0. The second-order valence-corrected chi connectivity index (χ2v) is 4.64. The maximum Gasteiger partial charge on any atom is 0.242 e. The first-order valence-electron chi connectivity index (χ1n) is 6.08. The van der Waals surface area contributed by atoms with Crippen LogP contribution in [0.5, 0.6) is 0 Å². The fourth-order valence-corrected chi connectivity index (χ4v) is 2.15. The smallest absolute Gasteiger partial charge is 0.242 e. The van der Waals surface area contributed by atoms with Gasteiger partial charge in [-0.2, -0.15) is 0 Å². The van der Waals surface area contributed by atoms with Crippen LogP contribution in [0.1, 0.15) is 16.8 Å². The van der Waals surface area contributed by atoms with Crippen LogP contribution in [0.3, 0.4) is 0 Å². The minimum absolute atomic E-state index is 0.186. The summed E-state index contributed by atoms with van der Waals surface area (Å²) in [7, 11) is 0. The Morgan fingerprint density at radius 2 is 1.94 bits per heavy atom. The summed E-state index contributed by atoms with van der Waals surface area (Å²) in [6.07, 6.45) is 2.06. The molecule has 17 heavy (non-hydrogen) atoms. The molecule has 1 amide bonds. The van der Waals surface area contributed by atoms with Crippen LogP contribution in [0, 0.1) is 20.8 Å². The van der Waals surface area contributed by atoms with Gasteiger partial charge in [0.15, 0.2) is 0 Å². The van der Waals surface area contributed by atoms with Gasteiger partial charge >= 0.3 is 0 Å². The quantitative estimate of drug-likeness (QED) is 0.775. The van der Waals surface area contributed by atoms with E-state index in [-0.39, 0.29) is 5.91 Å². The van der Waals surface area contributed by atoms with Crippen molar-refractivity contribution >= 4 is 5.91 Å². The zero-order valence-corrected chi connectivity index (χ0v) is 10.8. The van der Waals surface area contributed by atoms with Gasteiger partial charge in [-0.25, -0.2) is 0 Å². The van der Waals surface area contributed by atoms with E-state index in [1.54, 1.807) is 0 Å². The molecule has 0 aromatic carbocycles. The molecule has 0 aliphatic carbocycles. The summed E-state index contributed by atoms with van der Waals surface area (Å²) in [6, 6.07) is 0. The maximum absolute atomic E-state index is 12.1. The van der Waals surface area contributed by atoms with Crippen LogP contribution in [0.2, 0.25) is 0 Å². The Hall–Kier alpha value is -1.29. The normalized spacial score (nSPS) is 16.3. The van der Waals surface area contributed by atoms with Gasteiger partial charge in [-0.05, 0) is 31.9 Å². The summed E-state index contributed by atoms with van der Waals surface area (Å²) < 4.78 is 7.29. The van der Waals surface area contributed by atoms with E-state index >= 15 is 0 Å². The number of aromatic nitrogens is 1. The highest BCUT2D eigenvalue weighted by molar-refractivity contribution is 5.76. The topological polar surface area (TPSA) is 34.5 Å². The van der Waals surface area contributed by atoms with Crippen LogP contribution in [0.4, 0.5) is 0 Å². The summed E-state index contributed by atoms with van der Waals surface area (Å²) >= 11 is 0. The zero-order valence-electron chi connectivity index (χ0n) is 10.8. The van der Waals surface area contributed by atoms with Crippen molar-refractivity contribution in [2.75, 3.05) is 26.3 Å². The number of amides is 1. The number of hydrogen-bond donors (Lipinski definition) is 0. The van der Waals surface area contributed by atoms with Crippen LogP contribution >= 0.6 is 0 Å². The summed E-state index contributed by atoms with van der Waals surface area (Å²) in [5, 5.41) is 0. The van der Waals surface area contributed by atoms with Crippen molar-refractivity contribution in [3.05, 3.63) is 23.0 Å². The lowest BCUT2D eigenvalue weighted by atomic mass is 10.2. The van der Waals surface area contributed by atoms with Gasteiger partial charge in [0.25, 0.3) is 0 Å². The van der Waals surface area contributed by atoms with E-state index in [4.69, 9.17) is 4.74 Å². The molecule has 0 bridgehead atoms. The number of ether oxygens (including phenoxy) is 1. The Morgan fingerprint density at radius 1 is 1.29 bits per heavy atom. The molecular formula is C13H20N2O2. The second-order valence-electron chi connectivity index (χ2n) is 4.64. The fourth-order valence-electron chi connectivity index (χ4n) is 2.15. The molecule has 94 valence electrons. The van der Waals surface area contributed by atoms with E-state index in [0.29, 0.717) is 19.8 Å². The molecule has 1 aliphatic heterocycles. The largest absolute Gasteiger partial charge is 0.378 e. The van der Waals surface area contributed by atoms with Crippen LogP contribution in [0.15, 0.2) is 6.20 Å². The third-order valence-electron chi connectivity index (χ3n) is 3.58. The summed E-state index contributed by atoms with van der Waals surface area (Å²) in [5.74, 6) is 0.186. The SMILES string of the molecule is Cc1cn(CC(=O)N2CCOCC2)c(C)c1C. The van der Waals surface area contributed by atoms with Gasteiger partial charge in [-0.1, -0.05) is 0 Å². The van der Waals surface area contributed by atoms with Gasteiger partial charge < -0.3 is 14.2 Å². The van der Waals surface area contributed by atoms with E-state index < -0.39 is 0 Å². The predicted molar refractivity (Wildman–Crippen MR) is 66.0 cm³/mol. The van der Waals surface area contributed by atoms with Gasteiger partial charge in [0.05, 0.1) is 13.2 Å². The van der Waals surface area contributed by atoms with Gasteiger partial charge in [-0.3, -0.25) is 4.79 Å². The number of morpholine rings is 1. The minimum Gasteiger partial charge on any atom is -0.378 e. The van der Waals surface area contributed by atoms with Crippen molar-refractivity contribution in [2.45, 2.75) is 27.3 Å². The van der Waals surface area contributed by atoms with E-state index in [0.717, 1.165) is 13.1 Å². The number of nitrogens with zero attached hydrogens (tertiary/aromatic N) is 2. The first-order chi connectivity index (χ1) is 8.09. The highest BCUT2D eigenvalue weighted by Crippen LogP contribution is 2.14. The standard InChI is InChI=1S/C13H20N2O2/c1-10-8-15(12(3)11(10)2)9-13(16)14-4-6-17-7-5-14/h8H,4-7,9H2,1-3H3. The van der Waals surface area contributed by atoms with Crippen molar-refractivity contribution < 1.29 is 9.53 Å². The van der Waals surface area contributed by atoms with E-state index in [1.165, 1.54) is 16.8 Å². The molecule has 0 spiro atoms. The molecule has 2 heterocycles. The van der Waals surface area contributed by atoms with Crippen LogP contribution < -0.4 is 0 Å². The molecule has 0 saturated carbocycles. The van der Waals surface area contributed by atoms with E-state index in [1.807, 2.05) is 9.47 Å². The minimum atomic E-state index is 0.186. The van der Waals surface area contributed by atoms with Crippen LogP contribution in [-0.2, 0) is 16.1 Å². The van der Waals surface area contributed by atoms with Crippen molar-refractivity contribution in [2.24, 2.45) is 0 Å². The molecule has 4 heteroatoms. The molecule has 4 nitrogen and oxygen atoms in total. The molecule has 0 radical (unpaired) electrons. The van der Waals surface area contributed by atoms with Gasteiger partial charge in [0.1, 0.15) is 6.54 Å². The second kappa shape index (κ2) is 4.92. The Kier molecular flexibility index (Phi) is 3.52. The molecular weight excluding hydrogens is 216 g/mol. The Labute approximate surface area is 102 Å². The number of carbonyl (C=O) groups excluding carboxylic acids is 1. The third kappa shape index (κ3) is 2.52. The van der Waals surface area contributed by atoms with Crippen LogP contribution in [0.25, 0.3) is 0 Å². The van der Waals surface area contributed by atoms with Crippen molar-refractivity contribution in [1.82, 2.24) is 9.47 Å². The lowest BCUT2D eigenvalue weighted by molar-refractivity contribution is -0.135. The predicted octanol–water partition coefficient (Wildman–Crippen LogP) is 1.27. The molecule has 1 fully saturated rings. The molecule has 0 atom stereocenters. The molecule has 1 saturated heterocycles. The Balaban J connectivity index is 2.04. The number of aryl methyl sites for hydroxylation is 1. The van der Waals surface area contributed by atoms with Crippen LogP contribution in [-0.4, -0.2) is 41.7 Å². The van der Waals surface area contributed by atoms with E-state index in [2.05, 4.69) is 27.0 Å². The molecule has 1 aliphatic rings. The molecule has 1 aromatic rings. The first-order valence-corrected chi connectivity index (χ1v) is 6.08. The van der Waals surface area contributed by atoms with Gasteiger partial charge in [0.2, 0.25) is 5.91 Å². The lowest BCUT2D eigenvalue weighted by Crippen LogP contribution is -2.42. The zero-order chi connectivity index (χ0) is 12.4. The first kappa shape index (κ1) is 12.2. The average Bonchev–Trinajstić information content (AvgIpc) is 2.58. The summed E-state index contributed by atoms with van der Waals surface area (Å²) in [5.41, 5.74) is 3.71. The van der Waals surface area contributed by atoms with Gasteiger partial charge in [-0.15, -0.1) is 0 Å². The number of rotatable bonds is 2. The molecule has 0 N–H and O–H groups in total. The highest BCUT2D eigenvalue weighted by Gasteiger charge is 2.18. The number of hydrogen-bond acceptors (Lipinski definition) is 2. The van der Waals surface area contributed by atoms with Crippen molar-refractivity contribution in [3.8, 4) is 0 Å². The lowest BCUT2D eigenvalue weighted by Gasteiger charge is -2.27. The molecule has 2 rings (SSSR count). The monoisotopic (exact) mass is 236 g/mol. The number of carbonyl (C=O) groups is 1. The van der Waals surface area contributed by atoms with E-state index in [9.17, 15) is 4.79 Å². The van der Waals surface area contributed by atoms with Crippen molar-refractivity contribution in [1.29, 1.82) is 0 Å². The van der Waals surface area contributed by atoms with Gasteiger partial charge in [0, 0.05) is 25.0 Å². The molecule has 0 unspecified atom stereocenters. The van der Waals surface area contributed by atoms with Crippen molar-refractivity contribution in [3.63, 3.8) is 0 Å². The maximum atomic E-state index is 12.1. The third-order valence-corrected chi connectivity index (χ3v) is 3.58. The highest BCUT2D eigenvalue weighted by atomic mass is 16.5. The fraction of sp³-hybridized carbons (Fsp3) is 0.615. The summed E-state index contributed by atoms with van der Waals surface area (Å²) in [6.45, 7) is 9.45. The average molecular weight is 236 g/mol. The molecule has 1 aromatic heterocycles.